The Morgan fingerprint density at radius 3 is 2.03 bits per heavy atom. The normalized spacial score (nSPS) is 13.1. The third kappa shape index (κ3) is 8.68. The van der Waals surface area contributed by atoms with Crippen LogP contribution in [0.15, 0.2) is 72.8 Å². The molecule has 4 heteroatoms. The summed E-state index contributed by atoms with van der Waals surface area (Å²) in [5.74, 6) is 0.850. The molecule has 0 aromatic heterocycles. The van der Waals surface area contributed by atoms with Gasteiger partial charge in [-0.05, 0) is 93.1 Å². The maximum absolute atomic E-state index is 11.9. The van der Waals surface area contributed by atoms with E-state index in [0.717, 1.165) is 55.2 Å². The third-order valence-corrected chi connectivity index (χ3v) is 7.13. The number of hydrogen-bond donors (Lipinski definition) is 1. The average Bonchev–Trinajstić information content (AvgIpc) is 2.88. The van der Waals surface area contributed by atoms with E-state index >= 15 is 0 Å². The first kappa shape index (κ1) is 27.3. The van der Waals surface area contributed by atoms with Crippen molar-refractivity contribution in [2.45, 2.75) is 58.5 Å². The molecule has 1 N–H and O–H groups in total. The molecule has 0 aliphatic heterocycles. The molecular formula is C31H40ClNO2. The van der Waals surface area contributed by atoms with Crippen LogP contribution in [0.2, 0.25) is 5.02 Å². The lowest BCUT2D eigenvalue weighted by Gasteiger charge is -2.29. The molecule has 3 rings (SSSR count). The van der Waals surface area contributed by atoms with E-state index in [2.05, 4.69) is 62.1 Å². The summed E-state index contributed by atoms with van der Waals surface area (Å²) in [7, 11) is 0. The molecule has 0 heterocycles. The quantitative estimate of drug-likeness (QED) is 0.257. The summed E-state index contributed by atoms with van der Waals surface area (Å²) in [6.45, 7) is 10.1. The van der Waals surface area contributed by atoms with E-state index in [1.165, 1.54) is 16.7 Å². The van der Waals surface area contributed by atoms with Crippen LogP contribution in [0.25, 0.3) is 0 Å². The van der Waals surface area contributed by atoms with Crippen LogP contribution >= 0.6 is 11.6 Å². The summed E-state index contributed by atoms with van der Waals surface area (Å²) >= 11 is 6.03. The molecule has 35 heavy (non-hydrogen) atoms. The van der Waals surface area contributed by atoms with Crippen LogP contribution in [0.5, 0.6) is 5.75 Å². The second kappa shape index (κ2) is 13.7. The Hall–Kier alpha value is -2.33. The van der Waals surface area contributed by atoms with Gasteiger partial charge in [-0.2, -0.15) is 0 Å². The number of halogens is 1. The highest BCUT2D eigenvalue weighted by Gasteiger charge is 2.28. The highest BCUT2D eigenvalue weighted by molar-refractivity contribution is 6.30. The van der Waals surface area contributed by atoms with Crippen molar-refractivity contribution in [2.24, 2.45) is 0 Å². The highest BCUT2D eigenvalue weighted by Crippen LogP contribution is 2.33. The number of likely N-dealkylation sites (N-methyl/N-ethyl adjacent to an activating group) is 1. The zero-order chi connectivity index (χ0) is 25.1. The van der Waals surface area contributed by atoms with Crippen LogP contribution in [0.3, 0.4) is 0 Å². The van der Waals surface area contributed by atoms with Crippen LogP contribution in [0.1, 0.15) is 55.4 Å². The van der Waals surface area contributed by atoms with Gasteiger partial charge < -0.3 is 14.7 Å². The monoisotopic (exact) mass is 493 g/mol. The van der Waals surface area contributed by atoms with Crippen molar-refractivity contribution in [2.75, 3.05) is 26.2 Å². The Labute approximate surface area is 216 Å². The van der Waals surface area contributed by atoms with E-state index in [1.54, 1.807) is 0 Å². The number of benzene rings is 3. The molecule has 0 spiro atoms. The average molecular weight is 494 g/mol. The van der Waals surface area contributed by atoms with Gasteiger partial charge in [-0.1, -0.05) is 79.5 Å². The van der Waals surface area contributed by atoms with Crippen molar-refractivity contribution in [3.8, 4) is 5.75 Å². The molecule has 1 unspecified atom stereocenters. The number of ether oxygens (including phenoxy) is 1. The van der Waals surface area contributed by atoms with Gasteiger partial charge in [0.05, 0.1) is 5.60 Å². The third-order valence-electron chi connectivity index (χ3n) is 6.88. The zero-order valence-corrected chi connectivity index (χ0v) is 22.2. The molecule has 3 aromatic rings. The summed E-state index contributed by atoms with van der Waals surface area (Å²) in [5.41, 5.74) is 3.81. The number of hydrogen-bond acceptors (Lipinski definition) is 3. The van der Waals surface area contributed by atoms with Gasteiger partial charge in [0.2, 0.25) is 0 Å². The van der Waals surface area contributed by atoms with E-state index in [1.807, 2.05) is 36.4 Å². The maximum Gasteiger partial charge on any atom is 0.119 e. The first-order chi connectivity index (χ1) is 16.9. The summed E-state index contributed by atoms with van der Waals surface area (Å²) in [6, 6.07) is 24.6. The zero-order valence-electron chi connectivity index (χ0n) is 21.5. The van der Waals surface area contributed by atoms with Crippen LogP contribution in [-0.4, -0.2) is 36.2 Å². The van der Waals surface area contributed by atoms with Crippen molar-refractivity contribution < 1.29 is 9.84 Å². The molecule has 0 saturated carbocycles. The van der Waals surface area contributed by atoms with Gasteiger partial charge in [0, 0.05) is 11.6 Å². The molecule has 0 amide bonds. The summed E-state index contributed by atoms with van der Waals surface area (Å²) in [6.07, 6.45) is 4.02. The van der Waals surface area contributed by atoms with Crippen molar-refractivity contribution in [1.82, 2.24) is 4.90 Å². The second-order valence-electron chi connectivity index (χ2n) is 9.40. The molecule has 3 nitrogen and oxygen atoms in total. The largest absolute Gasteiger partial charge is 0.492 e. The lowest BCUT2D eigenvalue weighted by molar-refractivity contribution is 0.0167. The number of rotatable bonds is 14. The van der Waals surface area contributed by atoms with E-state index in [4.69, 9.17) is 16.3 Å². The van der Waals surface area contributed by atoms with Crippen LogP contribution in [-0.2, 0) is 18.4 Å². The predicted octanol–water partition coefficient (Wildman–Crippen LogP) is 7.21. The van der Waals surface area contributed by atoms with Crippen LogP contribution in [0.4, 0.5) is 0 Å². The molecule has 188 valence electrons. The fourth-order valence-electron chi connectivity index (χ4n) is 4.45. The fourth-order valence-corrected chi connectivity index (χ4v) is 4.58. The van der Waals surface area contributed by atoms with Gasteiger partial charge in [0.15, 0.2) is 0 Å². The molecule has 3 aromatic carbocycles. The molecule has 0 saturated heterocycles. The Morgan fingerprint density at radius 1 is 0.800 bits per heavy atom. The highest BCUT2D eigenvalue weighted by atomic mass is 35.5. The SMILES string of the molecule is CCN(CC)CCOc1ccc(C(O)(CCCc2ccc(Cl)cc2)CCc2ccc(C)cc2)cc1. The first-order valence-electron chi connectivity index (χ1n) is 12.9. The Morgan fingerprint density at radius 2 is 1.40 bits per heavy atom. The van der Waals surface area contributed by atoms with Crippen LogP contribution in [0, 0.1) is 6.92 Å². The fraction of sp³-hybridized carbons (Fsp3) is 0.419. The summed E-state index contributed by atoms with van der Waals surface area (Å²) in [5, 5.41) is 12.6. The lowest BCUT2D eigenvalue weighted by atomic mass is 9.83. The van der Waals surface area contributed by atoms with Gasteiger partial charge >= 0.3 is 0 Å². The maximum atomic E-state index is 11.9. The minimum Gasteiger partial charge on any atom is -0.492 e. The molecular weight excluding hydrogens is 454 g/mol. The molecule has 0 aliphatic rings. The number of aryl methyl sites for hydroxylation is 3. The Bertz CT molecular complexity index is 998. The van der Waals surface area contributed by atoms with E-state index in [0.29, 0.717) is 19.4 Å². The molecule has 0 bridgehead atoms. The topological polar surface area (TPSA) is 32.7 Å². The predicted molar refractivity (Wildman–Crippen MR) is 148 cm³/mol. The minimum atomic E-state index is -0.892. The summed E-state index contributed by atoms with van der Waals surface area (Å²) < 4.78 is 5.96. The Balaban J connectivity index is 1.66. The summed E-state index contributed by atoms with van der Waals surface area (Å²) in [4.78, 5) is 2.35. The van der Waals surface area contributed by atoms with Crippen molar-refractivity contribution in [1.29, 1.82) is 0 Å². The van der Waals surface area contributed by atoms with Crippen LogP contribution < -0.4 is 4.74 Å². The Kier molecular flexibility index (Phi) is 10.7. The molecule has 0 radical (unpaired) electrons. The van der Waals surface area contributed by atoms with Gasteiger partial charge in [0.1, 0.15) is 12.4 Å². The van der Waals surface area contributed by atoms with Crippen molar-refractivity contribution >= 4 is 11.6 Å². The molecule has 0 aliphatic carbocycles. The molecule has 0 fully saturated rings. The number of nitrogens with zero attached hydrogens (tertiary/aromatic N) is 1. The van der Waals surface area contributed by atoms with Crippen molar-refractivity contribution in [3.05, 3.63) is 100 Å². The van der Waals surface area contributed by atoms with Gasteiger partial charge in [-0.15, -0.1) is 0 Å². The van der Waals surface area contributed by atoms with Crippen molar-refractivity contribution in [3.63, 3.8) is 0 Å². The minimum absolute atomic E-state index is 0.666. The van der Waals surface area contributed by atoms with E-state index in [9.17, 15) is 5.11 Å². The van der Waals surface area contributed by atoms with Gasteiger partial charge in [0.25, 0.3) is 0 Å². The molecule has 1 atom stereocenters. The van der Waals surface area contributed by atoms with E-state index in [-0.39, 0.29) is 0 Å². The van der Waals surface area contributed by atoms with E-state index < -0.39 is 5.60 Å². The lowest BCUT2D eigenvalue weighted by Crippen LogP contribution is -2.28. The first-order valence-corrected chi connectivity index (χ1v) is 13.3. The standard InChI is InChI=1S/C31H40ClNO2/c1-4-33(5-2)23-24-35-30-18-14-28(15-19-30)31(34,22-20-27-10-8-25(3)9-11-27)21-6-7-26-12-16-29(32)17-13-26/h8-19,34H,4-7,20-24H2,1-3H3. The van der Waals surface area contributed by atoms with Gasteiger partial charge in [-0.25, -0.2) is 0 Å². The smallest absolute Gasteiger partial charge is 0.119 e. The second-order valence-corrected chi connectivity index (χ2v) is 9.83. The number of aliphatic hydroxyl groups is 1. The van der Waals surface area contributed by atoms with Gasteiger partial charge in [-0.3, -0.25) is 0 Å².